The van der Waals surface area contributed by atoms with Gasteiger partial charge in [-0.05, 0) is 36.3 Å². The minimum atomic E-state index is 0.277. The summed E-state index contributed by atoms with van der Waals surface area (Å²) in [5.41, 5.74) is 1.29. The lowest BCUT2D eigenvalue weighted by atomic mass is 9.92. The normalized spacial score (nSPS) is 13.1. The first-order valence-corrected chi connectivity index (χ1v) is 6.27. The minimum absolute atomic E-state index is 0.277. The first kappa shape index (κ1) is 12.7. The van der Waals surface area contributed by atoms with Crippen LogP contribution in [-0.2, 0) is 6.42 Å². The lowest BCUT2D eigenvalue weighted by molar-refractivity contribution is 0.205. The van der Waals surface area contributed by atoms with Crippen molar-refractivity contribution in [3.05, 3.63) is 34.3 Å². The first-order valence-electron chi connectivity index (χ1n) is 5.47. The van der Waals surface area contributed by atoms with Crippen molar-refractivity contribution in [3.63, 3.8) is 0 Å². The number of benzene rings is 1. The average molecular weight is 271 g/mol. The van der Waals surface area contributed by atoms with Crippen LogP contribution >= 0.6 is 15.9 Å². The standard InChI is InChI=1S/C13H19BrO/c1-10(2)7-11(9-15)8-12-5-3-4-6-13(12)14/h3-6,10-11,15H,7-9H2,1-2H3. The van der Waals surface area contributed by atoms with Crippen LogP contribution in [0.15, 0.2) is 28.7 Å². The largest absolute Gasteiger partial charge is 0.396 e. The Labute approximate surface area is 101 Å². The molecule has 2 heteroatoms. The van der Waals surface area contributed by atoms with Gasteiger partial charge in [0.25, 0.3) is 0 Å². The van der Waals surface area contributed by atoms with Gasteiger partial charge in [-0.15, -0.1) is 0 Å². The van der Waals surface area contributed by atoms with Crippen LogP contribution in [0.2, 0.25) is 0 Å². The van der Waals surface area contributed by atoms with Crippen molar-refractivity contribution >= 4 is 15.9 Å². The summed E-state index contributed by atoms with van der Waals surface area (Å²) < 4.78 is 1.15. The summed E-state index contributed by atoms with van der Waals surface area (Å²) in [6.07, 6.45) is 2.04. The molecule has 0 aliphatic rings. The quantitative estimate of drug-likeness (QED) is 0.866. The van der Waals surface area contributed by atoms with E-state index in [1.54, 1.807) is 0 Å². The van der Waals surface area contributed by atoms with Crippen molar-refractivity contribution in [2.75, 3.05) is 6.61 Å². The zero-order chi connectivity index (χ0) is 11.3. The maximum atomic E-state index is 9.31. The molecule has 0 radical (unpaired) electrons. The lowest BCUT2D eigenvalue weighted by Crippen LogP contribution is -2.12. The molecular formula is C13H19BrO. The number of aliphatic hydroxyl groups excluding tert-OH is 1. The number of hydrogen-bond donors (Lipinski definition) is 1. The van der Waals surface area contributed by atoms with E-state index in [1.165, 1.54) is 5.56 Å². The van der Waals surface area contributed by atoms with Gasteiger partial charge in [0.1, 0.15) is 0 Å². The van der Waals surface area contributed by atoms with Gasteiger partial charge in [0.05, 0.1) is 0 Å². The molecule has 1 rings (SSSR count). The Hall–Kier alpha value is -0.340. The zero-order valence-electron chi connectivity index (χ0n) is 9.41. The van der Waals surface area contributed by atoms with E-state index in [0.717, 1.165) is 17.3 Å². The van der Waals surface area contributed by atoms with E-state index >= 15 is 0 Å². The lowest BCUT2D eigenvalue weighted by Gasteiger charge is -2.17. The van der Waals surface area contributed by atoms with Gasteiger partial charge in [-0.1, -0.05) is 48.0 Å². The number of hydrogen-bond acceptors (Lipinski definition) is 1. The minimum Gasteiger partial charge on any atom is -0.396 e. The summed E-state index contributed by atoms with van der Waals surface area (Å²) in [7, 11) is 0. The fraction of sp³-hybridized carbons (Fsp3) is 0.538. The molecule has 0 saturated carbocycles. The molecule has 1 unspecified atom stereocenters. The van der Waals surface area contributed by atoms with Crippen molar-refractivity contribution < 1.29 is 5.11 Å². The Morgan fingerprint density at radius 2 is 1.93 bits per heavy atom. The Kier molecular flexibility index (Phi) is 5.34. The third-order valence-corrected chi connectivity index (χ3v) is 3.30. The molecule has 0 spiro atoms. The second-order valence-electron chi connectivity index (χ2n) is 4.47. The summed E-state index contributed by atoms with van der Waals surface area (Å²) in [4.78, 5) is 0. The van der Waals surface area contributed by atoms with E-state index < -0.39 is 0 Å². The van der Waals surface area contributed by atoms with Crippen LogP contribution in [0.5, 0.6) is 0 Å². The molecule has 1 N–H and O–H groups in total. The molecular weight excluding hydrogens is 252 g/mol. The van der Waals surface area contributed by atoms with Gasteiger partial charge < -0.3 is 5.11 Å². The van der Waals surface area contributed by atoms with Crippen LogP contribution in [0.25, 0.3) is 0 Å². The zero-order valence-corrected chi connectivity index (χ0v) is 11.0. The molecule has 15 heavy (non-hydrogen) atoms. The molecule has 0 aromatic heterocycles. The van der Waals surface area contributed by atoms with Gasteiger partial charge in [0.15, 0.2) is 0 Å². The molecule has 0 saturated heterocycles. The van der Waals surface area contributed by atoms with E-state index in [9.17, 15) is 5.11 Å². The summed E-state index contributed by atoms with van der Waals surface area (Å²) in [6.45, 7) is 4.67. The molecule has 1 nitrogen and oxygen atoms in total. The highest BCUT2D eigenvalue weighted by molar-refractivity contribution is 9.10. The second kappa shape index (κ2) is 6.29. The monoisotopic (exact) mass is 270 g/mol. The Balaban J connectivity index is 2.62. The molecule has 84 valence electrons. The summed E-state index contributed by atoms with van der Waals surface area (Å²) in [5, 5.41) is 9.31. The molecule has 1 aromatic rings. The predicted molar refractivity (Wildman–Crippen MR) is 67.9 cm³/mol. The van der Waals surface area contributed by atoms with Crippen molar-refractivity contribution in [3.8, 4) is 0 Å². The van der Waals surface area contributed by atoms with E-state index in [4.69, 9.17) is 0 Å². The number of halogens is 1. The smallest absolute Gasteiger partial charge is 0.0462 e. The van der Waals surface area contributed by atoms with Gasteiger partial charge in [-0.3, -0.25) is 0 Å². The number of aliphatic hydroxyl groups is 1. The maximum absolute atomic E-state index is 9.31. The fourth-order valence-electron chi connectivity index (χ4n) is 1.86. The van der Waals surface area contributed by atoms with Gasteiger partial charge in [-0.2, -0.15) is 0 Å². The topological polar surface area (TPSA) is 20.2 Å². The third kappa shape index (κ3) is 4.35. The van der Waals surface area contributed by atoms with Gasteiger partial charge >= 0.3 is 0 Å². The molecule has 0 bridgehead atoms. The first-order chi connectivity index (χ1) is 7.13. The number of rotatable bonds is 5. The van der Waals surface area contributed by atoms with Gasteiger partial charge in [0.2, 0.25) is 0 Å². The highest BCUT2D eigenvalue weighted by Gasteiger charge is 2.11. The molecule has 0 amide bonds. The molecule has 0 aliphatic carbocycles. The molecule has 1 aromatic carbocycles. The van der Waals surface area contributed by atoms with E-state index in [2.05, 4.69) is 41.9 Å². The van der Waals surface area contributed by atoms with Crippen molar-refractivity contribution in [2.24, 2.45) is 11.8 Å². The van der Waals surface area contributed by atoms with E-state index in [1.807, 2.05) is 12.1 Å². The van der Waals surface area contributed by atoms with Crippen LogP contribution in [0.4, 0.5) is 0 Å². The SMILES string of the molecule is CC(C)CC(CO)Cc1ccccc1Br. The van der Waals surface area contributed by atoms with Gasteiger partial charge in [-0.25, -0.2) is 0 Å². The fourth-order valence-corrected chi connectivity index (χ4v) is 2.31. The van der Waals surface area contributed by atoms with E-state index in [0.29, 0.717) is 11.8 Å². The van der Waals surface area contributed by atoms with Crippen LogP contribution in [0.1, 0.15) is 25.8 Å². The van der Waals surface area contributed by atoms with Crippen molar-refractivity contribution in [1.29, 1.82) is 0 Å². The van der Waals surface area contributed by atoms with E-state index in [-0.39, 0.29) is 6.61 Å². The second-order valence-corrected chi connectivity index (χ2v) is 5.33. The highest BCUT2D eigenvalue weighted by Crippen LogP contribution is 2.22. The van der Waals surface area contributed by atoms with Crippen LogP contribution < -0.4 is 0 Å². The van der Waals surface area contributed by atoms with Crippen LogP contribution in [-0.4, -0.2) is 11.7 Å². The Morgan fingerprint density at radius 1 is 1.27 bits per heavy atom. The highest BCUT2D eigenvalue weighted by atomic mass is 79.9. The molecule has 0 aliphatic heterocycles. The third-order valence-electron chi connectivity index (χ3n) is 2.53. The van der Waals surface area contributed by atoms with Crippen molar-refractivity contribution in [2.45, 2.75) is 26.7 Å². The summed E-state index contributed by atoms with van der Waals surface area (Å²) in [5.74, 6) is 1.02. The average Bonchev–Trinajstić information content (AvgIpc) is 2.19. The van der Waals surface area contributed by atoms with Gasteiger partial charge in [0, 0.05) is 11.1 Å². The molecule has 0 heterocycles. The van der Waals surface area contributed by atoms with Crippen LogP contribution in [0.3, 0.4) is 0 Å². The summed E-state index contributed by atoms with van der Waals surface area (Å²) in [6, 6.07) is 8.24. The van der Waals surface area contributed by atoms with Crippen LogP contribution in [0, 0.1) is 11.8 Å². The molecule has 0 fully saturated rings. The Bertz CT molecular complexity index is 296. The summed E-state index contributed by atoms with van der Waals surface area (Å²) >= 11 is 3.54. The van der Waals surface area contributed by atoms with Crippen molar-refractivity contribution in [1.82, 2.24) is 0 Å². The predicted octanol–water partition coefficient (Wildman–Crippen LogP) is 3.65. The molecule has 1 atom stereocenters. The maximum Gasteiger partial charge on any atom is 0.0462 e. The Morgan fingerprint density at radius 3 is 2.47 bits per heavy atom.